The number of fused-ring (bicyclic) bond motifs is 4. The molecule has 2 aromatic carbocycles. The van der Waals surface area contributed by atoms with Crippen LogP contribution in [0.3, 0.4) is 0 Å². The number of benzene rings is 2. The topological polar surface area (TPSA) is 96.3 Å². The molecule has 1 aliphatic heterocycles. The highest BCUT2D eigenvalue weighted by Crippen LogP contribution is 2.44. The van der Waals surface area contributed by atoms with Crippen molar-refractivity contribution in [3.63, 3.8) is 0 Å². The Morgan fingerprint density at radius 1 is 1.13 bits per heavy atom. The number of carbonyl (C=O) groups excluding carboxylic acids is 1. The molecule has 0 amide bonds. The molecule has 0 bridgehead atoms. The maximum absolute atomic E-state index is 13.6. The molecule has 1 aliphatic carbocycles. The Bertz CT molecular complexity index is 1400. The molecule has 0 saturated carbocycles. The van der Waals surface area contributed by atoms with Crippen LogP contribution >= 0.6 is 0 Å². The third kappa shape index (κ3) is 3.03. The predicted octanol–water partition coefficient (Wildman–Crippen LogP) is 3.67. The van der Waals surface area contributed by atoms with Gasteiger partial charge in [0.25, 0.3) is 0 Å². The molecule has 160 valence electrons. The Hall–Kier alpha value is -2.90. The summed E-state index contributed by atoms with van der Waals surface area (Å²) in [5.74, 6) is 0.0105. The van der Waals surface area contributed by atoms with Gasteiger partial charge < -0.3 is 10.7 Å². The number of aromatic amines is 1. The number of nitrogens with two attached hydrogens (primary N) is 1. The van der Waals surface area contributed by atoms with Crippen LogP contribution in [0.2, 0.25) is 0 Å². The average molecular weight is 436 g/mol. The lowest BCUT2D eigenvalue weighted by Gasteiger charge is -2.33. The number of ketones is 1. The number of nitrogen functional groups attached to an aromatic ring is 1. The molecule has 0 spiro atoms. The number of sulfonamides is 1. The second-order valence-electron chi connectivity index (χ2n) is 8.99. The van der Waals surface area contributed by atoms with E-state index in [4.69, 9.17) is 5.73 Å². The first-order valence-corrected chi connectivity index (χ1v) is 12.2. The number of carbonyl (C=O) groups is 1. The third-order valence-corrected chi connectivity index (χ3v) is 7.89. The van der Waals surface area contributed by atoms with Crippen LogP contribution in [0.25, 0.3) is 16.5 Å². The zero-order valence-electron chi connectivity index (χ0n) is 17.8. The van der Waals surface area contributed by atoms with E-state index in [2.05, 4.69) is 18.8 Å². The maximum atomic E-state index is 13.6. The van der Waals surface area contributed by atoms with Gasteiger partial charge in [-0.05, 0) is 41.3 Å². The van der Waals surface area contributed by atoms with Gasteiger partial charge >= 0.3 is 0 Å². The molecule has 5 rings (SSSR count). The van der Waals surface area contributed by atoms with Crippen molar-refractivity contribution in [2.24, 2.45) is 0 Å². The normalized spacial score (nSPS) is 18.5. The van der Waals surface area contributed by atoms with Gasteiger partial charge in [-0.25, -0.2) is 8.42 Å². The molecule has 0 saturated heterocycles. The number of nitrogens with one attached hydrogen (secondary N) is 1. The van der Waals surface area contributed by atoms with Gasteiger partial charge in [0.15, 0.2) is 5.78 Å². The van der Waals surface area contributed by atoms with Gasteiger partial charge in [-0.3, -0.25) is 4.79 Å². The highest BCUT2D eigenvalue weighted by atomic mass is 32.2. The number of hydrogen-bond donors (Lipinski definition) is 2. The number of anilines is 1. The van der Waals surface area contributed by atoms with Crippen LogP contribution in [0.4, 0.5) is 5.69 Å². The maximum Gasteiger partial charge on any atom is 0.211 e. The monoisotopic (exact) mass is 435 g/mol. The highest BCUT2D eigenvalue weighted by Gasteiger charge is 2.39. The van der Waals surface area contributed by atoms with E-state index in [1.54, 1.807) is 0 Å². The fourth-order valence-corrected chi connectivity index (χ4v) is 5.65. The summed E-state index contributed by atoms with van der Waals surface area (Å²) < 4.78 is 25.1. The largest absolute Gasteiger partial charge is 0.399 e. The van der Waals surface area contributed by atoms with Crippen LogP contribution in [-0.4, -0.2) is 42.8 Å². The predicted molar refractivity (Wildman–Crippen MR) is 124 cm³/mol. The van der Waals surface area contributed by atoms with Gasteiger partial charge in [0, 0.05) is 46.4 Å². The standard InChI is InChI=1S/C24H25N3O3S/c1-24(2)19-7-4-15(14-8-10-27(11-9-14)31(3,29)30)12-18(19)22(28)21-17-6-5-16(25)13-20(17)26-23(21)24/h4-8,12-13,26H,9-11,25H2,1-3H3. The van der Waals surface area contributed by atoms with Gasteiger partial charge in [0.05, 0.1) is 11.8 Å². The van der Waals surface area contributed by atoms with Crippen molar-refractivity contribution in [3.8, 4) is 0 Å². The molecule has 6 nitrogen and oxygen atoms in total. The zero-order chi connectivity index (χ0) is 22.1. The first-order chi connectivity index (χ1) is 14.6. The molecule has 0 atom stereocenters. The van der Waals surface area contributed by atoms with E-state index >= 15 is 0 Å². The Morgan fingerprint density at radius 3 is 2.58 bits per heavy atom. The van der Waals surface area contributed by atoms with E-state index < -0.39 is 10.0 Å². The lowest BCUT2D eigenvalue weighted by molar-refractivity contribution is 0.103. The molecule has 1 aromatic heterocycles. The Balaban J connectivity index is 1.61. The van der Waals surface area contributed by atoms with E-state index in [-0.39, 0.29) is 11.2 Å². The van der Waals surface area contributed by atoms with E-state index in [1.165, 1.54) is 10.6 Å². The van der Waals surface area contributed by atoms with Crippen LogP contribution < -0.4 is 5.73 Å². The van der Waals surface area contributed by atoms with Crippen molar-refractivity contribution in [1.29, 1.82) is 0 Å². The molecular weight excluding hydrogens is 410 g/mol. The molecule has 2 heterocycles. The van der Waals surface area contributed by atoms with Crippen LogP contribution in [0.15, 0.2) is 42.5 Å². The quantitative estimate of drug-likeness (QED) is 0.600. The summed E-state index contributed by atoms with van der Waals surface area (Å²) >= 11 is 0. The summed E-state index contributed by atoms with van der Waals surface area (Å²) in [5.41, 5.74) is 12.5. The third-order valence-electron chi connectivity index (χ3n) is 6.62. The molecule has 3 N–H and O–H groups in total. The summed E-state index contributed by atoms with van der Waals surface area (Å²) in [5, 5.41) is 0.888. The molecule has 3 aromatic rings. The second kappa shape index (κ2) is 6.55. The summed E-state index contributed by atoms with van der Waals surface area (Å²) in [7, 11) is -3.20. The Labute approximate surface area is 181 Å². The van der Waals surface area contributed by atoms with Crippen molar-refractivity contribution in [2.45, 2.75) is 25.7 Å². The summed E-state index contributed by atoms with van der Waals surface area (Å²) in [4.78, 5) is 17.1. The van der Waals surface area contributed by atoms with Crippen molar-refractivity contribution >= 4 is 38.0 Å². The second-order valence-corrected chi connectivity index (χ2v) is 11.0. The van der Waals surface area contributed by atoms with Crippen LogP contribution in [0, 0.1) is 0 Å². The fraction of sp³-hybridized carbons (Fsp3) is 0.292. The van der Waals surface area contributed by atoms with E-state index in [9.17, 15) is 13.2 Å². The highest BCUT2D eigenvalue weighted by molar-refractivity contribution is 7.88. The van der Waals surface area contributed by atoms with E-state index in [0.29, 0.717) is 36.3 Å². The molecule has 7 heteroatoms. The molecule has 0 radical (unpaired) electrons. The summed E-state index contributed by atoms with van der Waals surface area (Å²) in [6.07, 6.45) is 3.81. The van der Waals surface area contributed by atoms with Crippen molar-refractivity contribution < 1.29 is 13.2 Å². The van der Waals surface area contributed by atoms with Gasteiger partial charge in [0.2, 0.25) is 10.0 Å². The van der Waals surface area contributed by atoms with Crippen molar-refractivity contribution in [2.75, 3.05) is 25.1 Å². The van der Waals surface area contributed by atoms with Gasteiger partial charge in [-0.1, -0.05) is 38.1 Å². The van der Waals surface area contributed by atoms with Crippen molar-refractivity contribution in [3.05, 3.63) is 70.4 Å². The Morgan fingerprint density at radius 2 is 1.90 bits per heavy atom. The van der Waals surface area contributed by atoms with Crippen LogP contribution in [-0.2, 0) is 15.4 Å². The molecule has 0 unspecified atom stereocenters. The average Bonchev–Trinajstić information content (AvgIpc) is 3.11. The van der Waals surface area contributed by atoms with Gasteiger partial charge in [-0.15, -0.1) is 0 Å². The number of hydrogen-bond acceptors (Lipinski definition) is 4. The minimum atomic E-state index is -3.20. The van der Waals surface area contributed by atoms with Crippen LogP contribution in [0.1, 0.15) is 53.0 Å². The summed E-state index contributed by atoms with van der Waals surface area (Å²) in [6, 6.07) is 11.7. The zero-order valence-corrected chi connectivity index (χ0v) is 18.6. The Kier molecular flexibility index (Phi) is 4.23. The lowest BCUT2D eigenvalue weighted by atomic mass is 9.70. The minimum Gasteiger partial charge on any atom is -0.399 e. The van der Waals surface area contributed by atoms with Gasteiger partial charge in [-0.2, -0.15) is 4.31 Å². The number of aromatic nitrogens is 1. The SMILES string of the molecule is CC1(C)c2ccc(C3=CCN(S(C)(=O)=O)CC3)cc2C(=O)c2c1[nH]c1cc(N)ccc21. The van der Waals surface area contributed by atoms with E-state index in [0.717, 1.165) is 33.3 Å². The van der Waals surface area contributed by atoms with E-state index in [1.807, 2.05) is 42.5 Å². The first-order valence-electron chi connectivity index (χ1n) is 10.3. The van der Waals surface area contributed by atoms with Crippen molar-refractivity contribution in [1.82, 2.24) is 9.29 Å². The lowest BCUT2D eigenvalue weighted by Crippen LogP contribution is -2.33. The smallest absolute Gasteiger partial charge is 0.211 e. The number of nitrogens with zero attached hydrogens (tertiary/aromatic N) is 1. The number of H-pyrrole nitrogens is 1. The van der Waals surface area contributed by atoms with Crippen LogP contribution in [0.5, 0.6) is 0 Å². The molecule has 31 heavy (non-hydrogen) atoms. The summed E-state index contributed by atoms with van der Waals surface area (Å²) in [6.45, 7) is 5.06. The molecule has 2 aliphatic rings. The minimum absolute atomic E-state index is 0.0105. The first kappa shape index (κ1) is 20.0. The van der Waals surface area contributed by atoms with Gasteiger partial charge in [0.1, 0.15) is 0 Å². The molecular formula is C24H25N3O3S. The number of rotatable bonds is 2. The molecule has 0 fully saturated rings. The fourth-order valence-electron chi connectivity index (χ4n) is 4.88.